The van der Waals surface area contributed by atoms with Crippen molar-refractivity contribution in [1.82, 2.24) is 19.9 Å². The van der Waals surface area contributed by atoms with Crippen LogP contribution in [0.15, 0.2) is 180 Å². The lowest BCUT2D eigenvalue weighted by Gasteiger charge is -2.19. The van der Waals surface area contributed by atoms with Gasteiger partial charge in [-0.1, -0.05) is 152 Å². The van der Waals surface area contributed by atoms with Gasteiger partial charge in [-0.2, -0.15) is 0 Å². The van der Waals surface area contributed by atoms with E-state index in [0.29, 0.717) is 28.9 Å². The molecule has 11 rings (SSSR count). The second-order valence-corrected chi connectivity index (χ2v) is 15.9. The zero-order valence-electron chi connectivity index (χ0n) is 31.9. The lowest BCUT2D eigenvalue weighted by Crippen LogP contribution is -2.18. The zero-order valence-corrected chi connectivity index (χ0v) is 33.6. The van der Waals surface area contributed by atoms with Gasteiger partial charge in [0.1, 0.15) is 0 Å². The molecule has 6 nitrogen and oxygen atoms in total. The molecule has 7 aromatic carbocycles. The number of benzene rings is 7. The smallest absolute Gasteiger partial charge is 0.164 e. The van der Waals surface area contributed by atoms with Crippen molar-refractivity contribution in [2.24, 2.45) is 4.40 Å². The first kappa shape index (κ1) is 35.7. The minimum absolute atomic E-state index is 0.339. The Labute approximate surface area is 355 Å². The Morgan fingerprint density at radius 1 is 0.467 bits per heavy atom. The summed E-state index contributed by atoms with van der Waals surface area (Å²) >= 11 is 5.96. The summed E-state index contributed by atoms with van der Waals surface area (Å²) in [7, 11) is 0. The molecular formula is C52H32N6S2. The van der Waals surface area contributed by atoms with E-state index in [1.54, 1.807) is 0 Å². The van der Waals surface area contributed by atoms with Crippen LogP contribution in [0, 0.1) is 5.41 Å². The number of allylic oxidation sites excluding steroid dienone is 1. The molecule has 282 valence electrons. The number of thiol groups is 1. The first-order valence-electron chi connectivity index (χ1n) is 19.6. The van der Waals surface area contributed by atoms with Crippen LogP contribution in [0.25, 0.3) is 105 Å². The maximum atomic E-state index is 8.94. The van der Waals surface area contributed by atoms with Crippen molar-refractivity contribution in [3.8, 4) is 67.7 Å². The third kappa shape index (κ3) is 6.21. The molecule has 3 aromatic heterocycles. The van der Waals surface area contributed by atoms with E-state index in [1.165, 1.54) is 25.7 Å². The van der Waals surface area contributed by atoms with Crippen LogP contribution in [0.4, 0.5) is 0 Å². The number of hydrogen-bond donors (Lipinski definition) is 2. The number of rotatable bonds is 6. The summed E-state index contributed by atoms with van der Waals surface area (Å²) in [6.07, 6.45) is 3.82. The summed E-state index contributed by atoms with van der Waals surface area (Å²) in [6.45, 7) is 0. The van der Waals surface area contributed by atoms with Gasteiger partial charge in [0, 0.05) is 58.9 Å². The lowest BCUT2D eigenvalue weighted by molar-refractivity contribution is 1.07. The Kier molecular flexibility index (Phi) is 8.80. The predicted octanol–water partition coefficient (Wildman–Crippen LogP) is 13.5. The topological polar surface area (TPSA) is 87.8 Å². The quantitative estimate of drug-likeness (QED) is 0.164. The Morgan fingerprint density at radius 2 is 1.05 bits per heavy atom. The number of fused-ring (bicyclic) bond motifs is 6. The minimum Gasteiger partial charge on any atom is -0.298 e. The lowest BCUT2D eigenvalue weighted by atomic mass is 9.88. The Morgan fingerprint density at radius 3 is 1.83 bits per heavy atom. The summed E-state index contributed by atoms with van der Waals surface area (Å²) in [5.74, 6) is 1.83. The highest BCUT2D eigenvalue weighted by atomic mass is 32.1. The highest BCUT2D eigenvalue weighted by Gasteiger charge is 2.23. The Bertz CT molecular complexity index is 3390. The van der Waals surface area contributed by atoms with Crippen LogP contribution in [0.1, 0.15) is 11.1 Å². The van der Waals surface area contributed by atoms with Gasteiger partial charge < -0.3 is 0 Å². The van der Waals surface area contributed by atoms with Gasteiger partial charge in [-0.05, 0) is 65.4 Å². The monoisotopic (exact) mass is 804 g/mol. The second kappa shape index (κ2) is 14.8. The van der Waals surface area contributed by atoms with Gasteiger partial charge in [-0.25, -0.2) is 24.3 Å². The predicted molar refractivity (Wildman–Crippen MR) is 253 cm³/mol. The fourth-order valence-corrected chi connectivity index (χ4v) is 9.52. The fraction of sp³-hybridized carbons (Fsp3) is 0. The third-order valence-corrected chi connectivity index (χ3v) is 12.5. The van der Waals surface area contributed by atoms with Gasteiger partial charge in [-0.3, -0.25) is 5.41 Å². The molecule has 0 aliphatic heterocycles. The van der Waals surface area contributed by atoms with E-state index in [-0.39, 0.29) is 0 Å². The van der Waals surface area contributed by atoms with E-state index in [2.05, 4.69) is 126 Å². The first-order valence-corrected chi connectivity index (χ1v) is 20.8. The number of pyridine rings is 1. The molecule has 10 aromatic rings. The molecule has 0 fully saturated rings. The van der Waals surface area contributed by atoms with Gasteiger partial charge >= 0.3 is 0 Å². The molecular weight excluding hydrogens is 773 g/mol. The van der Waals surface area contributed by atoms with Crippen LogP contribution < -0.4 is 0 Å². The van der Waals surface area contributed by atoms with E-state index < -0.39 is 0 Å². The summed E-state index contributed by atoms with van der Waals surface area (Å²) in [5, 5.41) is 12.4. The molecule has 0 atom stereocenters. The normalized spacial score (nSPS) is 13.1. The number of para-hydroxylation sites is 1. The molecule has 0 saturated carbocycles. The highest BCUT2D eigenvalue weighted by molar-refractivity contribution is 7.79. The summed E-state index contributed by atoms with van der Waals surface area (Å²) in [5.41, 5.74) is 12.4. The van der Waals surface area contributed by atoms with Gasteiger partial charge in [0.15, 0.2) is 17.5 Å². The number of hydrogen-bond acceptors (Lipinski definition) is 8. The molecule has 1 N–H and O–H groups in total. The molecule has 3 heterocycles. The first-order chi connectivity index (χ1) is 29.6. The molecule has 1 aliphatic rings. The van der Waals surface area contributed by atoms with E-state index >= 15 is 0 Å². The van der Waals surface area contributed by atoms with Crippen LogP contribution in [0.2, 0.25) is 0 Å². The van der Waals surface area contributed by atoms with Crippen LogP contribution in [0.3, 0.4) is 0 Å². The molecule has 1 aliphatic carbocycles. The Balaban J connectivity index is 0.952. The molecule has 0 saturated heterocycles. The fourth-order valence-electron chi connectivity index (χ4n) is 8.12. The van der Waals surface area contributed by atoms with Crippen LogP contribution in [0.5, 0.6) is 0 Å². The molecule has 0 unspecified atom stereocenters. The largest absolute Gasteiger partial charge is 0.298 e. The van der Waals surface area contributed by atoms with Gasteiger partial charge in [-0.15, -0.1) is 11.3 Å². The van der Waals surface area contributed by atoms with Crippen molar-refractivity contribution in [3.05, 3.63) is 187 Å². The number of thiophene rings is 1. The average molecular weight is 805 g/mol. The maximum Gasteiger partial charge on any atom is 0.164 e. The van der Waals surface area contributed by atoms with Gasteiger partial charge in [0.25, 0.3) is 0 Å². The van der Waals surface area contributed by atoms with E-state index in [9.17, 15) is 0 Å². The van der Waals surface area contributed by atoms with Crippen molar-refractivity contribution in [2.45, 2.75) is 0 Å². The second-order valence-electron chi connectivity index (χ2n) is 14.6. The van der Waals surface area contributed by atoms with Crippen LogP contribution >= 0.6 is 24.2 Å². The SMILES string of the molecule is N=C1/C(=N\S)C=Cc2c(-c3ccc(-c4cccc(-c5nc(-c6ccccc6)nc(-c6ccc(-c7cccc8c7sc7ccccc78)cc6)n5)c4)cc3)nc3ccccc3c21. The number of nitrogens with zero attached hydrogens (tertiary/aromatic N) is 5. The van der Waals surface area contributed by atoms with Gasteiger partial charge in [0.2, 0.25) is 0 Å². The van der Waals surface area contributed by atoms with E-state index in [1.807, 2.05) is 84.2 Å². The van der Waals surface area contributed by atoms with Crippen molar-refractivity contribution >= 4 is 72.7 Å². The van der Waals surface area contributed by atoms with Crippen molar-refractivity contribution < 1.29 is 0 Å². The molecule has 0 radical (unpaired) electrons. The van der Waals surface area contributed by atoms with E-state index in [0.717, 1.165) is 66.7 Å². The van der Waals surface area contributed by atoms with Crippen molar-refractivity contribution in [3.63, 3.8) is 0 Å². The molecule has 60 heavy (non-hydrogen) atoms. The number of aromatic nitrogens is 4. The maximum absolute atomic E-state index is 8.94. The molecule has 8 heteroatoms. The average Bonchev–Trinajstić information content (AvgIpc) is 3.71. The zero-order chi connectivity index (χ0) is 40.2. The Hall–Kier alpha value is -7.39. The summed E-state index contributed by atoms with van der Waals surface area (Å²) in [6, 6.07) is 58.5. The molecule has 0 spiro atoms. The van der Waals surface area contributed by atoms with Crippen molar-refractivity contribution in [2.75, 3.05) is 0 Å². The summed E-state index contributed by atoms with van der Waals surface area (Å²) in [4.78, 5) is 20.2. The summed E-state index contributed by atoms with van der Waals surface area (Å²) < 4.78 is 6.63. The highest BCUT2D eigenvalue weighted by Crippen LogP contribution is 2.41. The van der Waals surface area contributed by atoms with Crippen LogP contribution in [-0.2, 0) is 0 Å². The standard InChI is InChI=1S/C52H32N6S2/c53-47-44(58-59)29-28-42-46(47)41-15-4-6-18-43(41)54-48(42)33-24-20-31(21-25-33)36-12-8-13-37(30-36)52-56-50(34-10-2-1-3-11-34)55-51(57-52)35-26-22-32(23-27-35)38-16-9-17-40-39-14-5-7-19-45(39)60-49(38)40/h1-30,53,59H/b53-47?,58-44-. The number of nitrogens with one attached hydrogen (secondary N) is 1. The van der Waals surface area contributed by atoms with Crippen molar-refractivity contribution in [1.29, 1.82) is 5.41 Å². The molecule has 0 bridgehead atoms. The van der Waals surface area contributed by atoms with Gasteiger partial charge in [0.05, 0.1) is 22.6 Å². The van der Waals surface area contributed by atoms with E-state index in [4.69, 9.17) is 25.3 Å². The molecule has 0 amide bonds. The third-order valence-electron chi connectivity index (χ3n) is 11.1. The minimum atomic E-state index is 0.339. The van der Waals surface area contributed by atoms with Crippen LogP contribution in [-0.4, -0.2) is 31.4 Å².